The van der Waals surface area contributed by atoms with Gasteiger partial charge in [0.05, 0.1) is 0 Å². The molecule has 1 atom stereocenters. The van der Waals surface area contributed by atoms with Crippen LogP contribution in [0.15, 0.2) is 24.3 Å². The van der Waals surface area contributed by atoms with E-state index in [1.165, 1.54) is 6.07 Å². The second-order valence-electron chi connectivity index (χ2n) is 3.82. The lowest BCUT2D eigenvalue weighted by atomic mass is 9.88. The molecule has 2 nitrogen and oxygen atoms in total. The summed E-state index contributed by atoms with van der Waals surface area (Å²) < 4.78 is 13.6. The van der Waals surface area contributed by atoms with Crippen molar-refractivity contribution in [3.63, 3.8) is 0 Å². The van der Waals surface area contributed by atoms with Gasteiger partial charge in [0.15, 0.2) is 0 Å². The van der Waals surface area contributed by atoms with Crippen molar-refractivity contribution in [3.05, 3.63) is 35.6 Å². The number of nitrogens with one attached hydrogen (secondary N) is 1. The lowest BCUT2D eigenvalue weighted by Crippen LogP contribution is -2.41. The molecule has 1 aromatic carbocycles. The van der Waals surface area contributed by atoms with Gasteiger partial charge in [-0.25, -0.2) is 4.39 Å². The van der Waals surface area contributed by atoms with E-state index in [9.17, 15) is 4.39 Å². The molecule has 1 rings (SSSR count). The van der Waals surface area contributed by atoms with Gasteiger partial charge in [-0.05, 0) is 26.0 Å². The summed E-state index contributed by atoms with van der Waals surface area (Å²) in [6.07, 6.45) is 0.502. The average molecular weight is 211 g/mol. The highest BCUT2D eigenvalue weighted by molar-refractivity contribution is 5.25. The molecule has 0 fully saturated rings. The number of hydrogen-bond donors (Lipinski definition) is 2. The molecule has 0 saturated carbocycles. The molecule has 0 aliphatic carbocycles. The van der Waals surface area contributed by atoms with Crippen molar-refractivity contribution in [1.29, 1.82) is 0 Å². The standard InChI is InChI=1S/C12H18FNO/c1-3-14-12(2,8-9-15)10-6-4-5-7-11(10)13/h4-7,14-15H,3,8-9H2,1-2H3. The minimum atomic E-state index is -0.491. The predicted molar refractivity (Wildman–Crippen MR) is 59.1 cm³/mol. The van der Waals surface area contributed by atoms with Gasteiger partial charge in [-0.1, -0.05) is 25.1 Å². The van der Waals surface area contributed by atoms with Crippen molar-refractivity contribution in [2.75, 3.05) is 13.2 Å². The van der Waals surface area contributed by atoms with Gasteiger partial charge in [-0.3, -0.25) is 0 Å². The zero-order valence-corrected chi connectivity index (χ0v) is 9.26. The maximum Gasteiger partial charge on any atom is 0.128 e. The Bertz CT molecular complexity index is 308. The Morgan fingerprint density at radius 2 is 2.07 bits per heavy atom. The zero-order chi connectivity index (χ0) is 11.3. The first kappa shape index (κ1) is 12.1. The van der Waals surface area contributed by atoms with E-state index >= 15 is 0 Å². The van der Waals surface area contributed by atoms with Crippen LogP contribution in [-0.2, 0) is 5.54 Å². The number of benzene rings is 1. The normalized spacial score (nSPS) is 14.9. The molecule has 0 radical (unpaired) electrons. The number of rotatable bonds is 5. The Morgan fingerprint density at radius 1 is 1.40 bits per heavy atom. The van der Waals surface area contributed by atoms with Gasteiger partial charge in [0, 0.05) is 17.7 Å². The van der Waals surface area contributed by atoms with Crippen molar-refractivity contribution in [2.45, 2.75) is 25.8 Å². The van der Waals surface area contributed by atoms with Crippen LogP contribution < -0.4 is 5.32 Å². The molecule has 84 valence electrons. The van der Waals surface area contributed by atoms with Crippen molar-refractivity contribution >= 4 is 0 Å². The zero-order valence-electron chi connectivity index (χ0n) is 9.26. The van der Waals surface area contributed by atoms with Gasteiger partial charge in [0.1, 0.15) is 5.82 Å². The Morgan fingerprint density at radius 3 is 2.60 bits per heavy atom. The molecule has 0 bridgehead atoms. The van der Waals surface area contributed by atoms with E-state index in [1.54, 1.807) is 12.1 Å². The van der Waals surface area contributed by atoms with Gasteiger partial charge in [-0.2, -0.15) is 0 Å². The van der Waals surface area contributed by atoms with Crippen LogP contribution in [0.2, 0.25) is 0 Å². The van der Waals surface area contributed by atoms with Crippen LogP contribution in [0.3, 0.4) is 0 Å². The predicted octanol–water partition coefficient (Wildman–Crippen LogP) is 2.03. The number of aliphatic hydroxyl groups is 1. The van der Waals surface area contributed by atoms with Crippen LogP contribution in [0.25, 0.3) is 0 Å². The summed E-state index contributed by atoms with van der Waals surface area (Å²) >= 11 is 0. The van der Waals surface area contributed by atoms with Crippen molar-refractivity contribution in [1.82, 2.24) is 5.32 Å². The maximum absolute atomic E-state index is 13.6. The molecule has 0 saturated heterocycles. The van der Waals surface area contributed by atoms with Crippen LogP contribution in [0.5, 0.6) is 0 Å². The van der Waals surface area contributed by atoms with Crippen molar-refractivity contribution < 1.29 is 9.50 Å². The van der Waals surface area contributed by atoms with Gasteiger partial charge in [0.2, 0.25) is 0 Å². The van der Waals surface area contributed by atoms with Crippen LogP contribution in [0.1, 0.15) is 25.8 Å². The molecular weight excluding hydrogens is 193 g/mol. The Kier molecular flexibility index (Phi) is 4.24. The van der Waals surface area contributed by atoms with Crippen LogP contribution in [0.4, 0.5) is 4.39 Å². The van der Waals surface area contributed by atoms with E-state index in [2.05, 4.69) is 5.32 Å². The largest absolute Gasteiger partial charge is 0.396 e. The molecule has 0 spiro atoms. The van der Waals surface area contributed by atoms with E-state index < -0.39 is 5.54 Å². The first-order valence-corrected chi connectivity index (χ1v) is 5.25. The highest BCUT2D eigenvalue weighted by Gasteiger charge is 2.27. The SMILES string of the molecule is CCNC(C)(CCO)c1ccccc1F. The van der Waals surface area contributed by atoms with Gasteiger partial charge in [0.25, 0.3) is 0 Å². The van der Waals surface area contributed by atoms with Crippen LogP contribution in [0, 0.1) is 5.82 Å². The maximum atomic E-state index is 13.6. The fraction of sp³-hybridized carbons (Fsp3) is 0.500. The second-order valence-corrected chi connectivity index (χ2v) is 3.82. The molecule has 1 unspecified atom stereocenters. The molecule has 15 heavy (non-hydrogen) atoms. The molecule has 0 aromatic heterocycles. The number of hydrogen-bond acceptors (Lipinski definition) is 2. The molecule has 0 heterocycles. The monoisotopic (exact) mass is 211 g/mol. The third kappa shape index (κ3) is 2.76. The first-order valence-electron chi connectivity index (χ1n) is 5.25. The highest BCUT2D eigenvalue weighted by atomic mass is 19.1. The molecule has 0 aliphatic heterocycles. The number of halogens is 1. The molecule has 0 amide bonds. The fourth-order valence-electron chi connectivity index (χ4n) is 1.84. The lowest BCUT2D eigenvalue weighted by Gasteiger charge is -2.31. The summed E-state index contributed by atoms with van der Waals surface area (Å²) in [5, 5.41) is 12.2. The van der Waals surface area contributed by atoms with E-state index in [0.717, 1.165) is 6.54 Å². The summed E-state index contributed by atoms with van der Waals surface area (Å²) in [7, 11) is 0. The fourth-order valence-corrected chi connectivity index (χ4v) is 1.84. The third-order valence-electron chi connectivity index (χ3n) is 2.65. The van der Waals surface area contributed by atoms with Crippen molar-refractivity contribution in [2.24, 2.45) is 0 Å². The molecule has 0 aliphatic rings. The van der Waals surface area contributed by atoms with E-state index in [1.807, 2.05) is 19.9 Å². The first-order chi connectivity index (χ1) is 7.14. The Labute approximate surface area is 90.1 Å². The molecule has 3 heteroatoms. The topological polar surface area (TPSA) is 32.3 Å². The van der Waals surface area contributed by atoms with Crippen LogP contribution >= 0.6 is 0 Å². The summed E-state index contributed by atoms with van der Waals surface area (Å²) in [4.78, 5) is 0. The van der Waals surface area contributed by atoms with Crippen LogP contribution in [-0.4, -0.2) is 18.3 Å². The van der Waals surface area contributed by atoms with E-state index in [-0.39, 0.29) is 12.4 Å². The van der Waals surface area contributed by atoms with Crippen molar-refractivity contribution in [3.8, 4) is 0 Å². The minimum absolute atomic E-state index is 0.0395. The summed E-state index contributed by atoms with van der Waals surface area (Å²) in [6.45, 7) is 4.66. The Balaban J connectivity index is 3.03. The summed E-state index contributed by atoms with van der Waals surface area (Å²) in [5.74, 6) is -0.227. The smallest absolute Gasteiger partial charge is 0.128 e. The Hall–Kier alpha value is -0.930. The lowest BCUT2D eigenvalue weighted by molar-refractivity contribution is 0.219. The minimum Gasteiger partial charge on any atom is -0.396 e. The summed E-state index contributed by atoms with van der Waals surface area (Å²) in [6, 6.07) is 6.69. The quantitative estimate of drug-likeness (QED) is 0.781. The second kappa shape index (κ2) is 5.24. The molecular formula is C12H18FNO. The van der Waals surface area contributed by atoms with Gasteiger partial charge >= 0.3 is 0 Å². The molecule has 1 aromatic rings. The third-order valence-corrected chi connectivity index (χ3v) is 2.65. The van der Waals surface area contributed by atoms with Gasteiger partial charge < -0.3 is 10.4 Å². The van der Waals surface area contributed by atoms with Gasteiger partial charge in [-0.15, -0.1) is 0 Å². The van der Waals surface area contributed by atoms with E-state index in [4.69, 9.17) is 5.11 Å². The average Bonchev–Trinajstić information content (AvgIpc) is 2.19. The van der Waals surface area contributed by atoms with E-state index in [0.29, 0.717) is 12.0 Å². The molecule has 2 N–H and O–H groups in total. The number of aliphatic hydroxyl groups excluding tert-OH is 1. The highest BCUT2D eigenvalue weighted by Crippen LogP contribution is 2.26. The summed E-state index contributed by atoms with van der Waals surface area (Å²) in [5.41, 5.74) is 0.121.